The zero-order valence-electron chi connectivity index (χ0n) is 18.0. The third kappa shape index (κ3) is 4.55. The molecule has 2 amide bonds. The van der Waals surface area contributed by atoms with Crippen molar-refractivity contribution in [2.24, 2.45) is 5.92 Å². The maximum atomic E-state index is 13.1. The first-order valence-corrected chi connectivity index (χ1v) is 10.9. The number of nitrogen functional groups attached to an aromatic ring is 1. The predicted octanol–water partition coefficient (Wildman–Crippen LogP) is 0.380. The number of aromatic hydroxyl groups is 1. The molecule has 0 bridgehead atoms. The van der Waals surface area contributed by atoms with Gasteiger partial charge in [-0.15, -0.1) is 17.5 Å². The van der Waals surface area contributed by atoms with Gasteiger partial charge in [0.1, 0.15) is 0 Å². The number of ether oxygens (including phenoxy) is 1. The van der Waals surface area contributed by atoms with Gasteiger partial charge in [0.2, 0.25) is 11.8 Å². The van der Waals surface area contributed by atoms with Crippen LogP contribution in [0.1, 0.15) is 41.6 Å². The number of hydrogen-bond acceptors (Lipinski definition) is 7. The van der Waals surface area contributed by atoms with Gasteiger partial charge >= 0.3 is 0 Å². The van der Waals surface area contributed by atoms with Crippen LogP contribution in [0.4, 0.5) is 5.82 Å². The molecule has 0 radical (unpaired) electrons. The number of morpholine rings is 1. The molecule has 178 valence electrons. The molecule has 3 heterocycles. The van der Waals surface area contributed by atoms with Crippen LogP contribution >= 0.6 is 12.4 Å². The minimum absolute atomic E-state index is 0. The Kier molecular flexibility index (Phi) is 6.35. The van der Waals surface area contributed by atoms with Crippen molar-refractivity contribution in [1.29, 1.82) is 0 Å². The van der Waals surface area contributed by atoms with Gasteiger partial charge in [-0.3, -0.25) is 19.0 Å². The lowest BCUT2D eigenvalue weighted by Crippen LogP contribution is -2.39. The van der Waals surface area contributed by atoms with Crippen LogP contribution in [-0.2, 0) is 16.1 Å². The quantitative estimate of drug-likeness (QED) is 0.509. The van der Waals surface area contributed by atoms with E-state index in [0.29, 0.717) is 44.3 Å². The molecule has 2 saturated carbocycles. The number of rotatable bonds is 6. The molecule has 3 aliphatic rings. The van der Waals surface area contributed by atoms with Gasteiger partial charge in [0, 0.05) is 31.8 Å². The lowest BCUT2D eigenvalue weighted by atomic mass is 10.2. The molecule has 1 aliphatic heterocycles. The number of fused-ring (bicyclic) bond motifs is 1. The molecule has 33 heavy (non-hydrogen) atoms. The van der Waals surface area contributed by atoms with E-state index >= 15 is 0 Å². The number of amides is 2. The summed E-state index contributed by atoms with van der Waals surface area (Å²) in [5.74, 6) is -0.851. The lowest BCUT2D eigenvalue weighted by Gasteiger charge is -2.25. The molecule has 0 unspecified atom stereocenters. The molecule has 0 atom stereocenters. The summed E-state index contributed by atoms with van der Waals surface area (Å²) in [6.45, 7) is 2.39. The Bertz CT molecular complexity index is 1170. The highest BCUT2D eigenvalue weighted by atomic mass is 35.5. The number of nitrogens with one attached hydrogen (secondary N) is 1. The molecule has 3 fully saturated rings. The Morgan fingerprint density at radius 3 is 2.55 bits per heavy atom. The largest absolute Gasteiger partial charge is 0.494 e. The minimum atomic E-state index is -0.742. The van der Waals surface area contributed by atoms with Gasteiger partial charge < -0.3 is 25.8 Å². The highest BCUT2D eigenvalue weighted by molar-refractivity contribution is 5.97. The van der Waals surface area contributed by atoms with Crippen LogP contribution in [0.3, 0.4) is 0 Å². The number of carbonyl (C=O) groups excluding carboxylic acids is 2. The van der Waals surface area contributed by atoms with E-state index in [-0.39, 0.29) is 41.4 Å². The first-order chi connectivity index (χ1) is 15.4. The average molecular weight is 479 g/mol. The SMILES string of the molecule is Cl.Nc1nn2c(=O)c(C(=O)NC3CC3)c(O)n(CC3CC3)c2c1C=CC(=O)N1CCOCC1. The predicted molar refractivity (Wildman–Crippen MR) is 122 cm³/mol. The van der Waals surface area contributed by atoms with Crippen molar-refractivity contribution in [1.82, 2.24) is 24.4 Å². The van der Waals surface area contributed by atoms with Gasteiger partial charge in [0.25, 0.3) is 11.5 Å². The fraction of sp³-hybridized carbons (Fsp3) is 0.524. The van der Waals surface area contributed by atoms with Crippen LogP contribution in [0.5, 0.6) is 5.88 Å². The number of anilines is 1. The summed E-state index contributed by atoms with van der Waals surface area (Å²) in [7, 11) is 0. The van der Waals surface area contributed by atoms with Crippen LogP contribution in [0.15, 0.2) is 10.9 Å². The third-order valence-electron chi connectivity index (χ3n) is 6.06. The van der Waals surface area contributed by atoms with Crippen molar-refractivity contribution in [3.63, 3.8) is 0 Å². The molecule has 12 heteroatoms. The van der Waals surface area contributed by atoms with Crippen molar-refractivity contribution in [2.45, 2.75) is 38.3 Å². The topological polar surface area (TPSA) is 144 Å². The van der Waals surface area contributed by atoms with Gasteiger partial charge in [-0.1, -0.05) is 0 Å². The lowest BCUT2D eigenvalue weighted by molar-refractivity contribution is -0.129. The fourth-order valence-corrected chi connectivity index (χ4v) is 3.89. The molecule has 2 aliphatic carbocycles. The average Bonchev–Trinajstić information content (AvgIpc) is 3.71. The van der Waals surface area contributed by atoms with Crippen LogP contribution < -0.4 is 16.6 Å². The van der Waals surface area contributed by atoms with E-state index in [1.165, 1.54) is 16.7 Å². The number of nitrogens with zero attached hydrogens (tertiary/aromatic N) is 4. The van der Waals surface area contributed by atoms with Gasteiger partial charge in [0.05, 0.1) is 18.8 Å². The number of nitrogens with two attached hydrogens (primary N) is 1. The first-order valence-electron chi connectivity index (χ1n) is 10.9. The summed E-state index contributed by atoms with van der Waals surface area (Å²) >= 11 is 0. The van der Waals surface area contributed by atoms with Crippen LogP contribution in [0.2, 0.25) is 0 Å². The molecule has 1 saturated heterocycles. The van der Waals surface area contributed by atoms with Crippen molar-refractivity contribution >= 4 is 41.8 Å². The molecule has 2 aromatic rings. The van der Waals surface area contributed by atoms with Gasteiger partial charge in [-0.2, -0.15) is 4.52 Å². The van der Waals surface area contributed by atoms with E-state index in [2.05, 4.69) is 10.4 Å². The second-order valence-corrected chi connectivity index (χ2v) is 8.61. The van der Waals surface area contributed by atoms with Gasteiger partial charge in [0.15, 0.2) is 17.0 Å². The van der Waals surface area contributed by atoms with Gasteiger partial charge in [-0.05, 0) is 37.7 Å². The maximum Gasteiger partial charge on any atom is 0.291 e. The second-order valence-electron chi connectivity index (χ2n) is 8.61. The number of carbonyl (C=O) groups is 2. The van der Waals surface area contributed by atoms with Crippen LogP contribution in [0.25, 0.3) is 11.7 Å². The monoisotopic (exact) mass is 478 g/mol. The van der Waals surface area contributed by atoms with Crippen molar-refractivity contribution in [3.05, 3.63) is 27.6 Å². The highest BCUT2D eigenvalue weighted by Gasteiger charge is 2.32. The van der Waals surface area contributed by atoms with E-state index in [1.807, 2.05) is 0 Å². The van der Waals surface area contributed by atoms with Crippen molar-refractivity contribution in [3.8, 4) is 5.88 Å². The molecule has 2 aromatic heterocycles. The van der Waals surface area contributed by atoms with Crippen LogP contribution in [-0.4, -0.2) is 68.3 Å². The smallest absolute Gasteiger partial charge is 0.291 e. The van der Waals surface area contributed by atoms with Crippen molar-refractivity contribution < 1.29 is 19.4 Å². The number of hydrogen-bond donors (Lipinski definition) is 3. The second kappa shape index (κ2) is 9.06. The van der Waals surface area contributed by atoms with Crippen LogP contribution in [0, 0.1) is 5.92 Å². The molecular weight excluding hydrogens is 452 g/mol. The summed E-state index contributed by atoms with van der Waals surface area (Å²) < 4.78 is 7.84. The Morgan fingerprint density at radius 1 is 1.21 bits per heavy atom. The normalized spacial score (nSPS) is 18.5. The van der Waals surface area contributed by atoms with E-state index in [9.17, 15) is 19.5 Å². The highest BCUT2D eigenvalue weighted by Crippen LogP contribution is 2.34. The summed E-state index contributed by atoms with van der Waals surface area (Å²) in [6, 6.07) is 0.0289. The Hall–Kier alpha value is -3.05. The molecular formula is C21H27ClN6O5. The zero-order chi connectivity index (χ0) is 22.4. The zero-order valence-corrected chi connectivity index (χ0v) is 18.8. The minimum Gasteiger partial charge on any atom is -0.494 e. The van der Waals surface area contributed by atoms with Gasteiger partial charge in [-0.25, -0.2) is 0 Å². The summed E-state index contributed by atoms with van der Waals surface area (Å²) in [5.41, 5.74) is 5.65. The molecule has 4 N–H and O–H groups in total. The first kappa shape index (κ1) is 23.1. The van der Waals surface area contributed by atoms with E-state index in [4.69, 9.17) is 10.5 Å². The standard InChI is InChI=1S/C21H26N6O5.ClH/c22-17-14(5-6-15(28)25-7-9-32-10-8-25)19-26(11-12-1-2-12)20(30)16(21(31)27(19)24-17)18(29)23-13-3-4-13;/h5-6,12-13,30H,1-4,7-11H2,(H2,22,24)(H,23,29);1H. The molecule has 0 aromatic carbocycles. The number of halogens is 1. The summed E-state index contributed by atoms with van der Waals surface area (Å²) in [4.78, 5) is 40.0. The fourth-order valence-electron chi connectivity index (χ4n) is 3.89. The molecule has 0 spiro atoms. The molecule has 11 nitrogen and oxygen atoms in total. The van der Waals surface area contributed by atoms with E-state index in [1.54, 1.807) is 4.90 Å². The third-order valence-corrected chi connectivity index (χ3v) is 6.06. The summed E-state index contributed by atoms with van der Waals surface area (Å²) in [5, 5.41) is 17.9. The van der Waals surface area contributed by atoms with Crippen molar-refractivity contribution in [2.75, 3.05) is 32.0 Å². The number of aromatic nitrogens is 3. The molecule has 5 rings (SSSR count). The van der Waals surface area contributed by atoms with E-state index in [0.717, 1.165) is 30.2 Å². The Labute approximate surface area is 195 Å². The van der Waals surface area contributed by atoms with E-state index < -0.39 is 17.3 Å². The Morgan fingerprint density at radius 2 is 1.91 bits per heavy atom. The summed E-state index contributed by atoms with van der Waals surface area (Å²) in [6.07, 6.45) is 6.59. The maximum absolute atomic E-state index is 13.1. The Balaban J connectivity index is 0.00000259.